The largest absolute Gasteiger partial charge is 0.384 e. The van der Waals surface area contributed by atoms with Gasteiger partial charge in [0.25, 0.3) is 0 Å². The first-order valence-corrected chi connectivity index (χ1v) is 7.97. The number of hydrogen-bond acceptors (Lipinski definition) is 2. The molecule has 0 fully saturated rings. The molecule has 22 heavy (non-hydrogen) atoms. The zero-order valence-electron chi connectivity index (χ0n) is 13.7. The molecule has 0 saturated carbocycles. The van der Waals surface area contributed by atoms with Crippen molar-refractivity contribution in [2.75, 3.05) is 0 Å². The highest BCUT2D eigenvalue weighted by Crippen LogP contribution is 2.30. The number of unbranched alkanes of at least 4 members (excludes halogenated alkanes) is 1. The van der Waals surface area contributed by atoms with Gasteiger partial charge in [-0.05, 0) is 55.0 Å². The zero-order chi connectivity index (χ0) is 15.9. The molecule has 1 aromatic heterocycles. The van der Waals surface area contributed by atoms with E-state index in [0.29, 0.717) is 0 Å². The molecule has 0 amide bonds. The monoisotopic (exact) mass is 295 g/mol. The molecule has 0 aliphatic heterocycles. The van der Waals surface area contributed by atoms with Crippen molar-refractivity contribution < 1.29 is 5.11 Å². The van der Waals surface area contributed by atoms with Crippen LogP contribution in [0.3, 0.4) is 0 Å². The molecule has 2 rings (SSSR count). The normalized spacial score (nSPS) is 13.2. The van der Waals surface area contributed by atoms with E-state index in [9.17, 15) is 5.11 Å². The topological polar surface area (TPSA) is 33.1 Å². The molecule has 1 heterocycles. The average Bonchev–Trinajstić information content (AvgIpc) is 2.52. The molecule has 116 valence electrons. The fraction of sp³-hybridized carbons (Fsp3) is 0.350. The molecule has 1 aromatic carbocycles. The summed E-state index contributed by atoms with van der Waals surface area (Å²) in [5.41, 5.74) is 5.46. The van der Waals surface area contributed by atoms with Crippen LogP contribution in [0.5, 0.6) is 0 Å². The third-order valence-electron chi connectivity index (χ3n) is 3.93. The Morgan fingerprint density at radius 3 is 2.73 bits per heavy atom. The lowest BCUT2D eigenvalue weighted by Crippen LogP contribution is -2.04. The lowest BCUT2D eigenvalue weighted by Gasteiger charge is -2.18. The molecule has 2 nitrogen and oxygen atoms in total. The molecule has 1 unspecified atom stereocenters. The Balaban J connectivity index is 2.33. The summed E-state index contributed by atoms with van der Waals surface area (Å²) in [4.78, 5) is 4.15. The van der Waals surface area contributed by atoms with E-state index in [4.69, 9.17) is 0 Å². The second-order valence-corrected chi connectivity index (χ2v) is 5.87. The number of rotatable bonds is 6. The van der Waals surface area contributed by atoms with Crippen LogP contribution in [0.1, 0.15) is 54.5 Å². The standard InChI is InChI=1S/C20H25NO/c1-4-5-8-18(13-17-7-6-11-21-14-17)20(22)19-10-9-15(2)12-16(19)3/h6-7,9-14,20,22H,4-5,8H2,1-3H3/b18-13+. The van der Waals surface area contributed by atoms with Crippen molar-refractivity contribution in [1.82, 2.24) is 4.98 Å². The maximum Gasteiger partial charge on any atom is 0.101 e. The highest BCUT2D eigenvalue weighted by atomic mass is 16.3. The predicted molar refractivity (Wildman–Crippen MR) is 92.6 cm³/mol. The van der Waals surface area contributed by atoms with Crippen LogP contribution in [0.4, 0.5) is 0 Å². The van der Waals surface area contributed by atoms with Gasteiger partial charge in [-0.2, -0.15) is 0 Å². The minimum atomic E-state index is -0.549. The highest BCUT2D eigenvalue weighted by Gasteiger charge is 2.15. The minimum Gasteiger partial charge on any atom is -0.384 e. The van der Waals surface area contributed by atoms with Crippen molar-refractivity contribution >= 4 is 6.08 Å². The molecule has 0 saturated heterocycles. The Morgan fingerprint density at radius 2 is 2.09 bits per heavy atom. The third-order valence-corrected chi connectivity index (χ3v) is 3.93. The fourth-order valence-electron chi connectivity index (χ4n) is 2.68. The van der Waals surface area contributed by atoms with Crippen LogP contribution in [0, 0.1) is 13.8 Å². The Morgan fingerprint density at radius 1 is 1.27 bits per heavy atom. The summed E-state index contributed by atoms with van der Waals surface area (Å²) in [6.07, 6.45) is 8.22. The summed E-state index contributed by atoms with van der Waals surface area (Å²) in [5, 5.41) is 10.9. The van der Waals surface area contributed by atoms with Gasteiger partial charge < -0.3 is 5.11 Å². The van der Waals surface area contributed by atoms with Crippen molar-refractivity contribution in [2.45, 2.75) is 46.1 Å². The lowest BCUT2D eigenvalue weighted by molar-refractivity contribution is 0.211. The SMILES string of the molecule is CCCC/C(=C\c1cccnc1)C(O)c1ccc(C)cc1C. The van der Waals surface area contributed by atoms with E-state index in [2.05, 4.69) is 44.0 Å². The Hall–Kier alpha value is -1.93. The first-order valence-electron chi connectivity index (χ1n) is 7.97. The summed E-state index contributed by atoms with van der Waals surface area (Å²) in [6.45, 7) is 6.31. The second kappa shape index (κ2) is 7.90. The number of aliphatic hydroxyl groups is 1. The predicted octanol–water partition coefficient (Wildman–Crippen LogP) is 5.01. The van der Waals surface area contributed by atoms with E-state index in [1.807, 2.05) is 24.4 Å². The van der Waals surface area contributed by atoms with Gasteiger partial charge in [-0.15, -0.1) is 0 Å². The van der Waals surface area contributed by atoms with E-state index < -0.39 is 6.10 Å². The number of aryl methyl sites for hydroxylation is 2. The van der Waals surface area contributed by atoms with Gasteiger partial charge in [0, 0.05) is 12.4 Å². The smallest absolute Gasteiger partial charge is 0.101 e. The van der Waals surface area contributed by atoms with Crippen molar-refractivity contribution in [1.29, 1.82) is 0 Å². The van der Waals surface area contributed by atoms with Crippen LogP contribution in [0.25, 0.3) is 6.08 Å². The molecular weight excluding hydrogens is 270 g/mol. The number of aromatic nitrogens is 1. The maximum absolute atomic E-state index is 10.9. The van der Waals surface area contributed by atoms with Gasteiger partial charge in [0.05, 0.1) is 0 Å². The summed E-state index contributed by atoms with van der Waals surface area (Å²) >= 11 is 0. The van der Waals surface area contributed by atoms with Crippen LogP contribution in [-0.2, 0) is 0 Å². The zero-order valence-corrected chi connectivity index (χ0v) is 13.7. The van der Waals surface area contributed by atoms with Crippen LogP contribution < -0.4 is 0 Å². The number of benzene rings is 1. The molecule has 2 aromatic rings. The van der Waals surface area contributed by atoms with Gasteiger partial charge in [0.2, 0.25) is 0 Å². The number of hydrogen-bond donors (Lipinski definition) is 1. The summed E-state index contributed by atoms with van der Waals surface area (Å²) in [5.74, 6) is 0. The number of pyridine rings is 1. The minimum absolute atomic E-state index is 0.549. The van der Waals surface area contributed by atoms with Gasteiger partial charge >= 0.3 is 0 Å². The maximum atomic E-state index is 10.9. The first kappa shape index (κ1) is 16.4. The van der Waals surface area contributed by atoms with E-state index in [0.717, 1.165) is 41.5 Å². The molecule has 0 aliphatic carbocycles. The van der Waals surface area contributed by atoms with Gasteiger partial charge in [0.1, 0.15) is 6.10 Å². The molecule has 1 atom stereocenters. The van der Waals surface area contributed by atoms with E-state index >= 15 is 0 Å². The van der Waals surface area contributed by atoms with Crippen molar-refractivity contribution in [3.05, 3.63) is 70.6 Å². The number of nitrogens with zero attached hydrogens (tertiary/aromatic N) is 1. The van der Waals surface area contributed by atoms with Gasteiger partial charge in [-0.3, -0.25) is 4.98 Å². The van der Waals surface area contributed by atoms with E-state index in [-0.39, 0.29) is 0 Å². The van der Waals surface area contributed by atoms with Gasteiger partial charge in [-0.25, -0.2) is 0 Å². The van der Waals surface area contributed by atoms with Crippen LogP contribution in [-0.4, -0.2) is 10.1 Å². The third kappa shape index (κ3) is 4.28. The van der Waals surface area contributed by atoms with Crippen molar-refractivity contribution in [2.24, 2.45) is 0 Å². The average molecular weight is 295 g/mol. The van der Waals surface area contributed by atoms with Gasteiger partial charge in [-0.1, -0.05) is 49.2 Å². The van der Waals surface area contributed by atoms with E-state index in [1.54, 1.807) is 6.20 Å². The van der Waals surface area contributed by atoms with Crippen LogP contribution in [0.15, 0.2) is 48.3 Å². The lowest BCUT2D eigenvalue weighted by atomic mass is 9.92. The Labute approximate surface area is 133 Å². The Kier molecular flexibility index (Phi) is 5.91. The molecule has 0 bridgehead atoms. The van der Waals surface area contributed by atoms with Crippen LogP contribution >= 0.6 is 0 Å². The molecular formula is C20H25NO. The molecule has 0 spiro atoms. The summed E-state index contributed by atoms with van der Waals surface area (Å²) in [6, 6.07) is 10.2. The summed E-state index contributed by atoms with van der Waals surface area (Å²) < 4.78 is 0. The van der Waals surface area contributed by atoms with Crippen molar-refractivity contribution in [3.8, 4) is 0 Å². The fourth-order valence-corrected chi connectivity index (χ4v) is 2.68. The molecule has 2 heteroatoms. The highest BCUT2D eigenvalue weighted by molar-refractivity contribution is 5.54. The molecule has 0 aliphatic rings. The number of aliphatic hydroxyl groups excluding tert-OH is 1. The molecule has 0 radical (unpaired) electrons. The van der Waals surface area contributed by atoms with Crippen LogP contribution in [0.2, 0.25) is 0 Å². The first-order chi connectivity index (χ1) is 10.6. The Bertz CT molecular complexity index is 631. The molecule has 1 N–H and O–H groups in total. The van der Waals surface area contributed by atoms with E-state index in [1.165, 1.54) is 5.56 Å². The van der Waals surface area contributed by atoms with Gasteiger partial charge in [0.15, 0.2) is 0 Å². The second-order valence-electron chi connectivity index (χ2n) is 5.87. The van der Waals surface area contributed by atoms with Crippen molar-refractivity contribution in [3.63, 3.8) is 0 Å². The summed E-state index contributed by atoms with van der Waals surface area (Å²) in [7, 11) is 0. The quantitative estimate of drug-likeness (QED) is 0.813.